The molecule has 1 aromatic heterocycles. The highest BCUT2D eigenvalue weighted by molar-refractivity contribution is 7.92. The Kier molecular flexibility index (Phi) is 5.98. The lowest BCUT2D eigenvalue weighted by Gasteiger charge is -2.26. The van der Waals surface area contributed by atoms with Crippen molar-refractivity contribution >= 4 is 32.6 Å². The number of hydrogen-bond donors (Lipinski definition) is 0. The van der Waals surface area contributed by atoms with Crippen LogP contribution in [0.4, 0.5) is 5.69 Å². The molecule has 0 aliphatic rings. The molecule has 0 saturated carbocycles. The van der Waals surface area contributed by atoms with Crippen LogP contribution >= 0.6 is 0 Å². The number of rotatable bonds is 7. The molecule has 0 radical (unpaired) electrons. The third-order valence-corrected chi connectivity index (χ3v) is 6.29. The number of nitrogens with zero attached hydrogens (tertiary/aromatic N) is 1. The van der Waals surface area contributed by atoms with Gasteiger partial charge in [0, 0.05) is 11.9 Å². The molecule has 154 valence electrons. The van der Waals surface area contributed by atoms with Gasteiger partial charge in [-0.25, -0.2) is 13.2 Å². The molecule has 0 unspecified atom stereocenters. The number of carbonyl (C=O) groups is 1. The van der Waals surface area contributed by atoms with E-state index in [0.717, 1.165) is 0 Å². The molecule has 0 N–H and O–H groups in total. The van der Waals surface area contributed by atoms with E-state index in [1.165, 1.54) is 4.31 Å². The number of aryl methyl sites for hydroxylation is 1. The molecule has 0 spiro atoms. The summed E-state index contributed by atoms with van der Waals surface area (Å²) in [5.41, 5.74) is 1.31. The fourth-order valence-corrected chi connectivity index (χ4v) is 4.85. The minimum Gasteiger partial charge on any atom is -0.462 e. The molecular weight excluding hydrogens is 390 g/mol. The zero-order valence-corrected chi connectivity index (χ0v) is 17.8. The molecule has 0 amide bonds. The molecule has 29 heavy (non-hydrogen) atoms. The third-order valence-electron chi connectivity index (χ3n) is 4.48. The fourth-order valence-electron chi connectivity index (χ4n) is 3.21. The number of hydrogen-bond acceptors (Lipinski definition) is 5. The Morgan fingerprint density at radius 3 is 2.45 bits per heavy atom. The average molecular weight is 416 g/mol. The summed E-state index contributed by atoms with van der Waals surface area (Å²) in [6.07, 6.45) is 0. The molecule has 3 rings (SSSR count). The van der Waals surface area contributed by atoms with Crippen molar-refractivity contribution in [3.8, 4) is 0 Å². The number of sulfonamides is 1. The molecule has 3 aromatic rings. The predicted octanol–water partition coefficient (Wildman–Crippen LogP) is 4.77. The van der Waals surface area contributed by atoms with Crippen LogP contribution in [0, 0.1) is 12.8 Å². The first-order valence-electron chi connectivity index (χ1n) is 9.53. The van der Waals surface area contributed by atoms with Crippen molar-refractivity contribution in [2.45, 2.75) is 32.6 Å². The lowest BCUT2D eigenvalue weighted by atomic mass is 10.1. The summed E-state index contributed by atoms with van der Waals surface area (Å²) in [6.45, 7) is 7.88. The molecule has 0 fully saturated rings. The number of benzene rings is 2. The maximum Gasteiger partial charge on any atom is 0.342 e. The van der Waals surface area contributed by atoms with Crippen LogP contribution in [-0.4, -0.2) is 27.5 Å². The van der Waals surface area contributed by atoms with Crippen molar-refractivity contribution in [1.29, 1.82) is 0 Å². The first-order chi connectivity index (χ1) is 13.8. The Balaban J connectivity index is 2.16. The van der Waals surface area contributed by atoms with Crippen molar-refractivity contribution in [3.63, 3.8) is 0 Å². The highest BCUT2D eigenvalue weighted by Gasteiger charge is 2.27. The molecule has 0 bridgehead atoms. The second-order valence-corrected chi connectivity index (χ2v) is 9.04. The van der Waals surface area contributed by atoms with E-state index in [-0.39, 0.29) is 17.4 Å². The summed E-state index contributed by atoms with van der Waals surface area (Å²) in [5.74, 6) is 0.0546. The molecule has 0 aliphatic heterocycles. The van der Waals surface area contributed by atoms with Gasteiger partial charge >= 0.3 is 5.97 Å². The molecule has 0 saturated heterocycles. The second kappa shape index (κ2) is 8.29. The Morgan fingerprint density at radius 1 is 1.14 bits per heavy atom. The van der Waals surface area contributed by atoms with Gasteiger partial charge in [0.15, 0.2) is 0 Å². The van der Waals surface area contributed by atoms with Gasteiger partial charge in [-0.15, -0.1) is 0 Å². The topological polar surface area (TPSA) is 76.8 Å². The van der Waals surface area contributed by atoms with Gasteiger partial charge in [0.05, 0.1) is 17.2 Å². The Hall–Kier alpha value is -2.80. The van der Waals surface area contributed by atoms with E-state index in [2.05, 4.69) is 0 Å². The van der Waals surface area contributed by atoms with Crippen LogP contribution in [0.5, 0.6) is 0 Å². The lowest BCUT2D eigenvalue weighted by Crippen LogP contribution is -2.34. The van der Waals surface area contributed by atoms with Crippen molar-refractivity contribution < 1.29 is 22.4 Å². The molecular formula is C22H25NO5S. The van der Waals surface area contributed by atoms with Crippen molar-refractivity contribution in [2.75, 3.05) is 17.5 Å². The first-order valence-corrected chi connectivity index (χ1v) is 11.0. The first kappa shape index (κ1) is 20.9. The highest BCUT2D eigenvalue weighted by atomic mass is 32.2. The Labute approximate surface area is 171 Å². The van der Waals surface area contributed by atoms with Crippen LogP contribution in [-0.2, 0) is 14.8 Å². The summed E-state index contributed by atoms with van der Waals surface area (Å²) in [6, 6.07) is 13.4. The van der Waals surface area contributed by atoms with Crippen molar-refractivity contribution in [2.24, 2.45) is 5.92 Å². The number of carbonyl (C=O) groups excluding carboxylic acids is 1. The van der Waals surface area contributed by atoms with Crippen LogP contribution in [0.25, 0.3) is 11.0 Å². The monoisotopic (exact) mass is 415 g/mol. The number of furan rings is 1. The van der Waals surface area contributed by atoms with Gasteiger partial charge in [-0.1, -0.05) is 32.0 Å². The van der Waals surface area contributed by atoms with Gasteiger partial charge in [0.1, 0.15) is 16.9 Å². The zero-order chi connectivity index (χ0) is 21.2. The summed E-state index contributed by atoms with van der Waals surface area (Å²) >= 11 is 0. The normalized spacial score (nSPS) is 11.8. The summed E-state index contributed by atoms with van der Waals surface area (Å²) in [7, 11) is -3.77. The van der Waals surface area contributed by atoms with Crippen LogP contribution in [0.3, 0.4) is 0 Å². The van der Waals surface area contributed by atoms with Crippen LogP contribution in [0.2, 0.25) is 0 Å². The number of esters is 1. The maximum absolute atomic E-state index is 13.3. The van der Waals surface area contributed by atoms with E-state index in [1.807, 2.05) is 13.8 Å². The number of anilines is 1. The van der Waals surface area contributed by atoms with Crippen LogP contribution in [0.1, 0.15) is 36.9 Å². The molecule has 0 aliphatic carbocycles. The summed E-state index contributed by atoms with van der Waals surface area (Å²) in [5, 5.41) is 0.537. The van der Waals surface area contributed by atoms with Crippen molar-refractivity contribution in [3.05, 3.63) is 59.9 Å². The zero-order valence-electron chi connectivity index (χ0n) is 17.0. The third kappa shape index (κ3) is 4.15. The molecule has 7 heteroatoms. The van der Waals surface area contributed by atoms with E-state index < -0.39 is 16.0 Å². The fraction of sp³-hybridized carbons (Fsp3) is 0.318. The number of ether oxygens (including phenoxy) is 1. The minimum atomic E-state index is -3.77. The van der Waals surface area contributed by atoms with Gasteiger partial charge < -0.3 is 9.15 Å². The standard InChI is InChI=1S/C22H25NO5S/c1-5-27-22(24)21-16(4)28-20-12-11-17(13-19(20)21)23(14-15(2)3)29(25,26)18-9-7-6-8-10-18/h6-13,15H,5,14H2,1-4H3. The van der Waals surface area contributed by atoms with Gasteiger partial charge in [0.2, 0.25) is 0 Å². The lowest BCUT2D eigenvalue weighted by molar-refractivity contribution is 0.0526. The van der Waals surface area contributed by atoms with E-state index in [0.29, 0.717) is 34.5 Å². The Bertz CT molecular complexity index is 1120. The maximum atomic E-state index is 13.3. The quantitative estimate of drug-likeness (QED) is 0.520. The molecule has 1 heterocycles. The smallest absolute Gasteiger partial charge is 0.342 e. The minimum absolute atomic E-state index is 0.0970. The second-order valence-electron chi connectivity index (χ2n) is 7.18. The van der Waals surface area contributed by atoms with Crippen molar-refractivity contribution in [1.82, 2.24) is 0 Å². The number of fused-ring (bicyclic) bond motifs is 1. The summed E-state index contributed by atoms with van der Waals surface area (Å²) in [4.78, 5) is 12.6. The van der Waals surface area contributed by atoms with Gasteiger partial charge in [-0.3, -0.25) is 4.31 Å². The molecule has 0 atom stereocenters. The highest BCUT2D eigenvalue weighted by Crippen LogP contribution is 2.32. The molecule has 6 nitrogen and oxygen atoms in total. The SMILES string of the molecule is CCOC(=O)c1c(C)oc2ccc(N(CC(C)C)S(=O)(=O)c3ccccc3)cc12. The van der Waals surface area contributed by atoms with E-state index in [1.54, 1.807) is 62.4 Å². The largest absolute Gasteiger partial charge is 0.462 e. The van der Waals surface area contributed by atoms with E-state index in [9.17, 15) is 13.2 Å². The predicted molar refractivity (Wildman–Crippen MR) is 113 cm³/mol. The van der Waals surface area contributed by atoms with E-state index >= 15 is 0 Å². The van der Waals surface area contributed by atoms with Gasteiger partial charge in [0.25, 0.3) is 10.0 Å². The van der Waals surface area contributed by atoms with Gasteiger partial charge in [-0.2, -0.15) is 0 Å². The summed E-state index contributed by atoms with van der Waals surface area (Å²) < 4.78 is 38.9. The Morgan fingerprint density at radius 2 is 1.83 bits per heavy atom. The van der Waals surface area contributed by atoms with E-state index in [4.69, 9.17) is 9.15 Å². The van der Waals surface area contributed by atoms with Crippen LogP contribution in [0.15, 0.2) is 57.8 Å². The van der Waals surface area contributed by atoms with Crippen LogP contribution < -0.4 is 4.31 Å². The average Bonchev–Trinajstić information content (AvgIpc) is 3.01. The van der Waals surface area contributed by atoms with Gasteiger partial charge in [-0.05, 0) is 50.1 Å². The molecule has 2 aromatic carbocycles.